The fourth-order valence-electron chi connectivity index (χ4n) is 4.38. The Morgan fingerprint density at radius 3 is 2.77 bits per heavy atom. The van der Waals surface area contributed by atoms with Gasteiger partial charge in [-0.15, -0.1) is 0 Å². The molecule has 0 radical (unpaired) electrons. The van der Waals surface area contributed by atoms with Crippen molar-refractivity contribution in [2.75, 3.05) is 0 Å². The minimum Gasteiger partial charge on any atom is -0.391 e. The molecule has 1 aromatic carbocycles. The van der Waals surface area contributed by atoms with Crippen LogP contribution in [0.2, 0.25) is 0 Å². The maximum Gasteiger partial charge on any atom is 0.272 e. The SMILES string of the molecule is Cc1ccc(-n2nc(C(=O)N[C@@H]3CCCC[C@H]3O)c3c2CCC3)c(C)c1. The van der Waals surface area contributed by atoms with Crippen LogP contribution in [0, 0.1) is 13.8 Å². The number of aryl methyl sites for hydroxylation is 2. The van der Waals surface area contributed by atoms with E-state index in [-0.39, 0.29) is 11.9 Å². The molecule has 0 aliphatic heterocycles. The van der Waals surface area contributed by atoms with E-state index in [9.17, 15) is 9.90 Å². The van der Waals surface area contributed by atoms with Gasteiger partial charge in [-0.1, -0.05) is 30.5 Å². The summed E-state index contributed by atoms with van der Waals surface area (Å²) in [5.41, 5.74) is 6.20. The molecule has 2 aliphatic rings. The van der Waals surface area contributed by atoms with Gasteiger partial charge in [-0.2, -0.15) is 5.10 Å². The first-order chi connectivity index (χ1) is 12.5. The van der Waals surface area contributed by atoms with E-state index in [1.54, 1.807) is 0 Å². The molecule has 1 aromatic heterocycles. The summed E-state index contributed by atoms with van der Waals surface area (Å²) >= 11 is 0. The first kappa shape index (κ1) is 17.3. The number of carbonyl (C=O) groups is 1. The van der Waals surface area contributed by atoms with Gasteiger partial charge in [0.25, 0.3) is 5.91 Å². The number of benzene rings is 1. The highest BCUT2D eigenvalue weighted by Gasteiger charge is 2.30. The zero-order valence-corrected chi connectivity index (χ0v) is 15.6. The van der Waals surface area contributed by atoms with Gasteiger partial charge in [-0.05, 0) is 57.6 Å². The van der Waals surface area contributed by atoms with Gasteiger partial charge in [0.15, 0.2) is 5.69 Å². The number of amides is 1. The van der Waals surface area contributed by atoms with Crippen LogP contribution in [-0.4, -0.2) is 32.9 Å². The lowest BCUT2D eigenvalue weighted by molar-refractivity contribution is 0.0713. The third-order valence-electron chi connectivity index (χ3n) is 5.77. The average molecular weight is 353 g/mol. The average Bonchev–Trinajstić information content (AvgIpc) is 3.20. The molecule has 5 nitrogen and oxygen atoms in total. The zero-order valence-electron chi connectivity index (χ0n) is 15.6. The van der Waals surface area contributed by atoms with E-state index in [1.807, 2.05) is 4.68 Å². The number of aromatic nitrogens is 2. The Hall–Kier alpha value is -2.14. The van der Waals surface area contributed by atoms with E-state index in [0.29, 0.717) is 5.69 Å². The normalized spacial score (nSPS) is 22.3. The van der Waals surface area contributed by atoms with Crippen LogP contribution in [0.4, 0.5) is 0 Å². The Kier molecular flexibility index (Phi) is 4.57. The number of nitrogens with zero attached hydrogens (tertiary/aromatic N) is 2. The zero-order chi connectivity index (χ0) is 18.3. The quantitative estimate of drug-likeness (QED) is 0.891. The summed E-state index contributed by atoms with van der Waals surface area (Å²) in [5.74, 6) is -0.141. The van der Waals surface area contributed by atoms with E-state index in [4.69, 9.17) is 5.10 Å². The Morgan fingerprint density at radius 2 is 2.00 bits per heavy atom. The van der Waals surface area contributed by atoms with Crippen LogP contribution in [0.1, 0.15) is 65.0 Å². The highest BCUT2D eigenvalue weighted by atomic mass is 16.3. The second-order valence-electron chi connectivity index (χ2n) is 7.76. The summed E-state index contributed by atoms with van der Waals surface area (Å²) < 4.78 is 1.96. The van der Waals surface area contributed by atoms with Crippen molar-refractivity contribution in [3.63, 3.8) is 0 Å². The predicted octanol–water partition coefficient (Wildman–Crippen LogP) is 3.01. The fourth-order valence-corrected chi connectivity index (χ4v) is 4.38. The molecule has 2 atom stereocenters. The number of hydrogen-bond acceptors (Lipinski definition) is 3. The van der Waals surface area contributed by atoms with Crippen LogP contribution in [0.3, 0.4) is 0 Å². The van der Waals surface area contributed by atoms with Crippen LogP contribution >= 0.6 is 0 Å². The first-order valence-corrected chi connectivity index (χ1v) is 9.72. The standard InChI is InChI=1S/C21H27N3O2/c1-13-10-11-17(14(2)12-13)24-18-8-5-6-15(18)20(23-24)21(26)22-16-7-3-4-9-19(16)25/h10-12,16,19,25H,3-9H2,1-2H3,(H,22,26)/t16-,19-/m1/s1. The van der Waals surface area contributed by atoms with Gasteiger partial charge >= 0.3 is 0 Å². The summed E-state index contributed by atoms with van der Waals surface area (Å²) in [7, 11) is 0. The Morgan fingerprint density at radius 1 is 1.19 bits per heavy atom. The number of fused-ring (bicyclic) bond motifs is 1. The van der Waals surface area contributed by atoms with Gasteiger partial charge in [0.2, 0.25) is 0 Å². The van der Waals surface area contributed by atoms with Crippen LogP contribution in [0.15, 0.2) is 18.2 Å². The van der Waals surface area contributed by atoms with E-state index in [1.165, 1.54) is 5.56 Å². The summed E-state index contributed by atoms with van der Waals surface area (Å²) in [4.78, 5) is 12.9. The van der Waals surface area contributed by atoms with Crippen molar-refractivity contribution in [2.45, 2.75) is 70.9 Å². The van der Waals surface area contributed by atoms with Gasteiger partial charge in [0, 0.05) is 11.3 Å². The lowest BCUT2D eigenvalue weighted by Gasteiger charge is -2.28. The fraction of sp³-hybridized carbons (Fsp3) is 0.524. The molecule has 1 saturated carbocycles. The third-order valence-corrected chi connectivity index (χ3v) is 5.77. The molecular formula is C21H27N3O2. The lowest BCUT2D eigenvalue weighted by Crippen LogP contribution is -2.45. The number of aliphatic hydroxyl groups excluding tert-OH is 1. The molecule has 0 saturated heterocycles. The van der Waals surface area contributed by atoms with Crippen molar-refractivity contribution in [1.29, 1.82) is 0 Å². The Balaban J connectivity index is 1.66. The minimum atomic E-state index is -0.442. The number of nitrogens with one attached hydrogen (secondary N) is 1. The van der Waals surface area contributed by atoms with Gasteiger partial charge in [0.05, 0.1) is 17.8 Å². The monoisotopic (exact) mass is 353 g/mol. The van der Waals surface area contributed by atoms with Crippen molar-refractivity contribution in [3.8, 4) is 5.69 Å². The highest BCUT2D eigenvalue weighted by molar-refractivity contribution is 5.94. The van der Waals surface area contributed by atoms with Gasteiger partial charge < -0.3 is 10.4 Å². The van der Waals surface area contributed by atoms with Crippen molar-refractivity contribution >= 4 is 5.91 Å². The largest absolute Gasteiger partial charge is 0.391 e. The summed E-state index contributed by atoms with van der Waals surface area (Å²) in [6, 6.07) is 6.17. The molecular weight excluding hydrogens is 326 g/mol. The number of rotatable bonds is 3. The van der Waals surface area contributed by atoms with Crippen molar-refractivity contribution in [3.05, 3.63) is 46.3 Å². The number of hydrogen-bond donors (Lipinski definition) is 2. The molecule has 2 aliphatic carbocycles. The number of aliphatic hydroxyl groups is 1. The molecule has 26 heavy (non-hydrogen) atoms. The molecule has 0 unspecified atom stereocenters. The summed E-state index contributed by atoms with van der Waals surface area (Å²) in [6.45, 7) is 4.17. The maximum absolute atomic E-state index is 12.9. The summed E-state index contributed by atoms with van der Waals surface area (Å²) in [5, 5.41) is 17.9. The second kappa shape index (κ2) is 6.88. The Labute approximate surface area is 154 Å². The molecule has 1 amide bonds. The maximum atomic E-state index is 12.9. The molecule has 1 fully saturated rings. The van der Waals surface area contributed by atoms with Gasteiger partial charge in [0.1, 0.15) is 0 Å². The van der Waals surface area contributed by atoms with Crippen LogP contribution in [0.5, 0.6) is 0 Å². The van der Waals surface area contributed by atoms with Crippen molar-refractivity contribution in [2.24, 2.45) is 0 Å². The molecule has 138 valence electrons. The lowest BCUT2D eigenvalue weighted by atomic mass is 9.92. The van der Waals surface area contributed by atoms with Crippen molar-refractivity contribution < 1.29 is 9.90 Å². The van der Waals surface area contributed by atoms with Crippen molar-refractivity contribution in [1.82, 2.24) is 15.1 Å². The predicted molar refractivity (Wildman–Crippen MR) is 101 cm³/mol. The molecule has 4 rings (SSSR count). The van der Waals surface area contributed by atoms with Crippen LogP contribution < -0.4 is 5.32 Å². The van der Waals surface area contributed by atoms with E-state index >= 15 is 0 Å². The number of carbonyl (C=O) groups excluding carboxylic acids is 1. The topological polar surface area (TPSA) is 67.2 Å². The summed E-state index contributed by atoms with van der Waals surface area (Å²) in [6.07, 6.45) is 6.16. The first-order valence-electron chi connectivity index (χ1n) is 9.72. The molecule has 2 N–H and O–H groups in total. The molecule has 0 bridgehead atoms. The van der Waals surface area contributed by atoms with Crippen LogP contribution in [0.25, 0.3) is 5.69 Å². The molecule has 1 heterocycles. The van der Waals surface area contributed by atoms with E-state index in [2.05, 4.69) is 37.4 Å². The van der Waals surface area contributed by atoms with E-state index in [0.717, 1.165) is 67.5 Å². The van der Waals surface area contributed by atoms with E-state index < -0.39 is 6.10 Å². The highest BCUT2D eigenvalue weighted by Crippen LogP contribution is 2.29. The Bertz CT molecular complexity index is 840. The molecule has 0 spiro atoms. The molecule has 5 heteroatoms. The smallest absolute Gasteiger partial charge is 0.272 e. The third kappa shape index (κ3) is 3.05. The van der Waals surface area contributed by atoms with Crippen LogP contribution in [-0.2, 0) is 12.8 Å². The second-order valence-corrected chi connectivity index (χ2v) is 7.76. The van der Waals surface area contributed by atoms with Gasteiger partial charge in [-0.25, -0.2) is 4.68 Å². The minimum absolute atomic E-state index is 0.141. The molecule has 2 aromatic rings. The van der Waals surface area contributed by atoms with Gasteiger partial charge in [-0.3, -0.25) is 4.79 Å².